The number of nitrogens with two attached hydrogens (primary N) is 1. The Kier molecular flexibility index (Phi) is 10.5. The maximum atomic E-state index is 11.4. The van der Waals surface area contributed by atoms with Crippen LogP contribution in [0.25, 0.3) is 0 Å². The van der Waals surface area contributed by atoms with Crippen molar-refractivity contribution in [2.75, 3.05) is 19.7 Å². The van der Waals surface area contributed by atoms with Gasteiger partial charge >= 0.3 is 5.97 Å². The minimum Gasteiger partial charge on any atom is -0.476 e. The van der Waals surface area contributed by atoms with Crippen LogP contribution in [0.5, 0.6) is 0 Å². The van der Waals surface area contributed by atoms with Crippen molar-refractivity contribution in [3.8, 4) is 0 Å². The average molecular weight is 228 g/mol. The first-order valence-corrected chi connectivity index (χ1v) is 4.06. The maximum absolute atomic E-state index is 11.4. The summed E-state index contributed by atoms with van der Waals surface area (Å²) < 4.78 is 11.4. The summed E-state index contributed by atoms with van der Waals surface area (Å²) in [5.74, 6) is -2.22. The lowest BCUT2D eigenvalue weighted by Gasteiger charge is -1.97. The molecule has 0 radical (unpaired) electrons. The Bertz CT molecular complexity index is 206. The van der Waals surface area contributed by atoms with E-state index in [9.17, 15) is 9.18 Å². The normalized spacial score (nSPS) is 9.79. The van der Waals surface area contributed by atoms with Gasteiger partial charge in [-0.3, -0.25) is 5.41 Å². The SMILES string of the molecule is CCl.N=C(N)/C(=N/OCCF)C(=O)O. The molecule has 82 valence electrons. The lowest BCUT2D eigenvalue weighted by atomic mass is 10.4. The molecule has 0 bridgehead atoms. The molecule has 0 fully saturated rings. The summed E-state index contributed by atoms with van der Waals surface area (Å²) in [6.07, 6.45) is 1.47. The molecule has 0 aromatic rings. The van der Waals surface area contributed by atoms with Crippen LogP contribution in [0.2, 0.25) is 0 Å². The van der Waals surface area contributed by atoms with Gasteiger partial charge in [0.1, 0.15) is 13.3 Å². The molecule has 0 aromatic heterocycles. The van der Waals surface area contributed by atoms with Crippen molar-refractivity contribution in [2.24, 2.45) is 10.9 Å². The number of alkyl halides is 2. The molecule has 0 rings (SSSR count). The van der Waals surface area contributed by atoms with Gasteiger partial charge in [-0.15, -0.1) is 11.6 Å². The average Bonchev–Trinajstić information content (AvgIpc) is 2.14. The molecule has 0 heterocycles. The highest BCUT2D eigenvalue weighted by molar-refractivity contribution is 6.63. The van der Waals surface area contributed by atoms with E-state index in [0.717, 1.165) is 0 Å². The Morgan fingerprint density at radius 3 is 2.50 bits per heavy atom. The number of rotatable bonds is 5. The van der Waals surface area contributed by atoms with Crippen LogP contribution in [-0.4, -0.2) is 42.3 Å². The lowest BCUT2D eigenvalue weighted by Crippen LogP contribution is -2.30. The molecule has 0 amide bonds. The van der Waals surface area contributed by atoms with Crippen LogP contribution in [0.1, 0.15) is 0 Å². The smallest absolute Gasteiger partial charge is 0.361 e. The monoisotopic (exact) mass is 227 g/mol. The number of nitrogens with zero attached hydrogens (tertiary/aromatic N) is 1. The molecule has 0 spiro atoms. The number of hydrogen-bond acceptors (Lipinski definition) is 4. The second-order valence-corrected chi connectivity index (χ2v) is 1.68. The fraction of sp³-hybridized carbons (Fsp3) is 0.500. The third kappa shape index (κ3) is 7.29. The summed E-state index contributed by atoms with van der Waals surface area (Å²) in [5.41, 5.74) is 4.08. The molecule has 0 aliphatic rings. The number of hydrogen-bond donors (Lipinski definition) is 3. The van der Waals surface area contributed by atoms with Crippen LogP contribution >= 0.6 is 11.6 Å². The van der Waals surface area contributed by atoms with Crippen molar-refractivity contribution in [1.29, 1.82) is 5.41 Å². The summed E-state index contributed by atoms with van der Waals surface area (Å²) in [6.45, 7) is -1.14. The van der Waals surface area contributed by atoms with Gasteiger partial charge in [0.05, 0.1) is 0 Å². The van der Waals surface area contributed by atoms with E-state index in [-0.39, 0.29) is 6.61 Å². The number of amidine groups is 1. The number of aliphatic carboxylic acids is 1. The molecule has 0 saturated carbocycles. The lowest BCUT2D eigenvalue weighted by molar-refractivity contribution is -0.129. The topological polar surface area (TPSA) is 109 Å². The zero-order valence-corrected chi connectivity index (χ0v) is 8.21. The van der Waals surface area contributed by atoms with Crippen molar-refractivity contribution < 1.29 is 19.1 Å². The van der Waals surface area contributed by atoms with E-state index in [4.69, 9.17) is 16.2 Å². The van der Waals surface area contributed by atoms with E-state index in [1.165, 1.54) is 6.38 Å². The minimum atomic E-state index is -1.48. The zero-order valence-electron chi connectivity index (χ0n) is 7.46. The van der Waals surface area contributed by atoms with Crippen molar-refractivity contribution in [1.82, 2.24) is 0 Å². The third-order valence-electron chi connectivity index (χ3n) is 0.782. The number of carboxylic acids is 1. The Morgan fingerprint density at radius 2 is 2.21 bits per heavy atom. The van der Waals surface area contributed by atoms with Gasteiger partial charge in [-0.25, -0.2) is 9.18 Å². The summed E-state index contributed by atoms with van der Waals surface area (Å²) in [5, 5.41) is 18.0. The molecule has 14 heavy (non-hydrogen) atoms. The van der Waals surface area contributed by atoms with Gasteiger partial charge in [-0.1, -0.05) is 5.16 Å². The Balaban J connectivity index is 0. The quantitative estimate of drug-likeness (QED) is 0.205. The highest BCUT2D eigenvalue weighted by Crippen LogP contribution is 1.83. The van der Waals surface area contributed by atoms with E-state index in [0.29, 0.717) is 0 Å². The van der Waals surface area contributed by atoms with Gasteiger partial charge in [0.25, 0.3) is 0 Å². The van der Waals surface area contributed by atoms with Crippen LogP contribution in [0.3, 0.4) is 0 Å². The molecule has 0 unspecified atom stereocenters. The van der Waals surface area contributed by atoms with Gasteiger partial charge in [0, 0.05) is 6.38 Å². The van der Waals surface area contributed by atoms with Crippen LogP contribution in [0.4, 0.5) is 4.39 Å². The fourth-order valence-corrected chi connectivity index (χ4v) is 0.348. The Morgan fingerprint density at radius 1 is 1.71 bits per heavy atom. The summed E-state index contributed by atoms with van der Waals surface area (Å²) >= 11 is 4.64. The maximum Gasteiger partial charge on any atom is 0.361 e. The highest BCUT2D eigenvalue weighted by atomic mass is 35.5. The van der Waals surface area contributed by atoms with Crippen LogP contribution in [0, 0.1) is 5.41 Å². The molecule has 0 saturated heterocycles. The standard InChI is InChI=1S/C5H8FN3O3.CH3Cl/c6-1-2-12-9-3(4(7)8)5(10)11;1-2/h1-2H2,(H3,7,8)(H,10,11);1H3/b9-3-;. The van der Waals surface area contributed by atoms with Crippen molar-refractivity contribution in [3.63, 3.8) is 0 Å². The number of carboxylic acid groups (broad SMARTS) is 1. The predicted molar refractivity (Wildman–Crippen MR) is 50.7 cm³/mol. The molecule has 0 aliphatic heterocycles. The molecular formula is C6H11ClFN3O3. The van der Waals surface area contributed by atoms with Crippen molar-refractivity contribution in [3.05, 3.63) is 0 Å². The number of halogens is 2. The first-order valence-electron chi connectivity index (χ1n) is 3.31. The molecule has 0 aromatic carbocycles. The molecule has 8 heteroatoms. The van der Waals surface area contributed by atoms with E-state index in [1.807, 2.05) is 0 Å². The van der Waals surface area contributed by atoms with Crippen molar-refractivity contribution >= 4 is 29.1 Å². The first kappa shape index (κ1) is 15.1. The predicted octanol–water partition coefficient (Wildman–Crippen LogP) is 0.204. The van der Waals surface area contributed by atoms with Gasteiger partial charge in [0.2, 0.25) is 5.71 Å². The second-order valence-electron chi connectivity index (χ2n) is 1.68. The Labute approximate surface area is 85.0 Å². The molecule has 4 N–H and O–H groups in total. The van der Waals surface area contributed by atoms with Gasteiger partial charge in [-0.2, -0.15) is 0 Å². The third-order valence-corrected chi connectivity index (χ3v) is 0.782. The zero-order chi connectivity index (χ0) is 11.6. The van der Waals surface area contributed by atoms with Crippen LogP contribution in [-0.2, 0) is 9.63 Å². The van der Waals surface area contributed by atoms with Crippen LogP contribution in [0.15, 0.2) is 5.16 Å². The number of carbonyl (C=O) groups is 1. The number of nitrogens with one attached hydrogen (secondary N) is 1. The Hall–Kier alpha value is -1.37. The molecule has 0 atom stereocenters. The molecule has 0 aliphatic carbocycles. The fourth-order valence-electron chi connectivity index (χ4n) is 0.348. The van der Waals surface area contributed by atoms with E-state index in [1.54, 1.807) is 0 Å². The van der Waals surface area contributed by atoms with Gasteiger partial charge in [0.15, 0.2) is 5.84 Å². The summed E-state index contributed by atoms with van der Waals surface area (Å²) in [7, 11) is 0. The van der Waals surface area contributed by atoms with Gasteiger partial charge in [-0.05, 0) is 0 Å². The molecular weight excluding hydrogens is 217 g/mol. The summed E-state index contributed by atoms with van der Waals surface area (Å²) in [6, 6.07) is 0. The van der Waals surface area contributed by atoms with Crippen LogP contribution < -0.4 is 5.73 Å². The first-order chi connectivity index (χ1) is 6.59. The molecule has 6 nitrogen and oxygen atoms in total. The summed E-state index contributed by atoms with van der Waals surface area (Å²) in [4.78, 5) is 14.4. The highest BCUT2D eigenvalue weighted by Gasteiger charge is 2.13. The second kappa shape index (κ2) is 9.72. The van der Waals surface area contributed by atoms with Crippen molar-refractivity contribution in [2.45, 2.75) is 0 Å². The number of oxime groups is 1. The van der Waals surface area contributed by atoms with E-state index < -0.39 is 24.2 Å². The minimum absolute atomic E-state index is 0.357. The van der Waals surface area contributed by atoms with Gasteiger partial charge < -0.3 is 15.7 Å². The van der Waals surface area contributed by atoms with E-state index in [2.05, 4.69) is 21.6 Å². The van der Waals surface area contributed by atoms with E-state index >= 15 is 0 Å². The largest absolute Gasteiger partial charge is 0.476 e.